The van der Waals surface area contributed by atoms with Crippen molar-refractivity contribution in [2.45, 2.75) is 43.5 Å². The van der Waals surface area contributed by atoms with E-state index in [4.69, 9.17) is 11.6 Å². The number of halogens is 2. The molecule has 1 aliphatic rings. The zero-order chi connectivity index (χ0) is 14.0. The summed E-state index contributed by atoms with van der Waals surface area (Å²) in [4.78, 5) is 1.24. The standard InChI is InChI=1S/C12H17BrClNO2S2/c1-9-11(8-12(13)18-9)19(16,17)15(7-6-14)10-4-2-3-5-10/h8,10H,2-7H2,1H3. The third-order valence-corrected chi connectivity index (χ3v) is 7.40. The molecule has 108 valence electrons. The quantitative estimate of drug-likeness (QED) is 0.717. The van der Waals surface area contributed by atoms with Crippen LogP contribution in [0.15, 0.2) is 14.7 Å². The molecule has 0 atom stereocenters. The second kappa shape index (κ2) is 6.43. The van der Waals surface area contributed by atoms with Crippen LogP contribution in [-0.4, -0.2) is 31.2 Å². The largest absolute Gasteiger partial charge is 0.244 e. The van der Waals surface area contributed by atoms with Crippen molar-refractivity contribution in [3.05, 3.63) is 14.7 Å². The lowest BCUT2D eigenvalue weighted by molar-refractivity contribution is 0.337. The third kappa shape index (κ3) is 3.35. The van der Waals surface area contributed by atoms with E-state index in [0.717, 1.165) is 34.3 Å². The summed E-state index contributed by atoms with van der Waals surface area (Å²) in [6.07, 6.45) is 4.09. The van der Waals surface area contributed by atoms with Crippen LogP contribution in [0.5, 0.6) is 0 Å². The van der Waals surface area contributed by atoms with Crippen molar-refractivity contribution >= 4 is 48.9 Å². The summed E-state index contributed by atoms with van der Waals surface area (Å²) >= 11 is 10.6. The zero-order valence-corrected chi connectivity index (χ0v) is 14.7. The van der Waals surface area contributed by atoms with E-state index in [0.29, 0.717) is 17.3 Å². The van der Waals surface area contributed by atoms with Gasteiger partial charge in [0, 0.05) is 23.3 Å². The Hall–Kier alpha value is 0.380. The molecule has 1 fully saturated rings. The van der Waals surface area contributed by atoms with E-state index < -0.39 is 10.0 Å². The van der Waals surface area contributed by atoms with E-state index >= 15 is 0 Å². The number of hydrogen-bond donors (Lipinski definition) is 0. The first-order chi connectivity index (χ1) is 8.96. The van der Waals surface area contributed by atoms with Crippen molar-refractivity contribution in [3.63, 3.8) is 0 Å². The third-order valence-electron chi connectivity index (χ3n) is 3.47. The van der Waals surface area contributed by atoms with Gasteiger partial charge in [0.25, 0.3) is 0 Å². The SMILES string of the molecule is Cc1sc(Br)cc1S(=O)(=O)N(CCCl)C1CCCC1. The van der Waals surface area contributed by atoms with Gasteiger partial charge in [0.15, 0.2) is 0 Å². The summed E-state index contributed by atoms with van der Waals surface area (Å²) in [6, 6.07) is 1.81. The highest BCUT2D eigenvalue weighted by Crippen LogP contribution is 2.34. The topological polar surface area (TPSA) is 37.4 Å². The molecule has 0 unspecified atom stereocenters. The molecule has 7 heteroatoms. The molecule has 0 bridgehead atoms. The average molecular weight is 387 g/mol. The molecule has 19 heavy (non-hydrogen) atoms. The Balaban J connectivity index is 2.36. The van der Waals surface area contributed by atoms with Crippen LogP contribution < -0.4 is 0 Å². The Morgan fingerprint density at radius 2 is 2.11 bits per heavy atom. The van der Waals surface area contributed by atoms with E-state index in [2.05, 4.69) is 15.9 Å². The number of aryl methyl sites for hydroxylation is 1. The molecule has 1 aliphatic carbocycles. The molecule has 1 aromatic heterocycles. The van der Waals surface area contributed by atoms with Gasteiger partial charge in [-0.3, -0.25) is 0 Å². The van der Waals surface area contributed by atoms with Crippen molar-refractivity contribution < 1.29 is 8.42 Å². The molecule has 0 aliphatic heterocycles. The molecule has 3 nitrogen and oxygen atoms in total. The van der Waals surface area contributed by atoms with Crippen molar-refractivity contribution in [1.29, 1.82) is 0 Å². The average Bonchev–Trinajstić information content (AvgIpc) is 2.95. The summed E-state index contributed by atoms with van der Waals surface area (Å²) < 4.78 is 28.0. The molecule has 0 amide bonds. The predicted molar refractivity (Wildman–Crippen MR) is 83.6 cm³/mol. The van der Waals surface area contributed by atoms with Gasteiger partial charge >= 0.3 is 0 Å². The van der Waals surface area contributed by atoms with Crippen LogP contribution in [-0.2, 0) is 10.0 Å². The van der Waals surface area contributed by atoms with Crippen molar-refractivity contribution in [2.24, 2.45) is 0 Å². The van der Waals surface area contributed by atoms with Crippen LogP contribution in [0.2, 0.25) is 0 Å². The summed E-state index contributed by atoms with van der Waals surface area (Å²) in [5.41, 5.74) is 0. The highest BCUT2D eigenvalue weighted by atomic mass is 79.9. The minimum Gasteiger partial charge on any atom is -0.207 e. The number of rotatable bonds is 5. The first kappa shape index (κ1) is 15.8. The van der Waals surface area contributed by atoms with Crippen LogP contribution in [0, 0.1) is 6.92 Å². The van der Waals surface area contributed by atoms with Crippen LogP contribution in [0.1, 0.15) is 30.6 Å². The van der Waals surface area contributed by atoms with Crippen molar-refractivity contribution in [2.75, 3.05) is 12.4 Å². The van der Waals surface area contributed by atoms with Gasteiger partial charge < -0.3 is 0 Å². The molecule has 1 heterocycles. The summed E-state index contributed by atoms with van der Waals surface area (Å²) in [6.45, 7) is 2.23. The number of nitrogens with zero attached hydrogens (tertiary/aromatic N) is 1. The van der Waals surface area contributed by atoms with E-state index in [1.165, 1.54) is 11.3 Å². The first-order valence-corrected chi connectivity index (χ1v) is 9.89. The second-order valence-corrected chi connectivity index (χ2v) is 9.59. The maximum Gasteiger partial charge on any atom is 0.244 e. The molecular weight excluding hydrogens is 370 g/mol. The Morgan fingerprint density at radius 3 is 2.58 bits per heavy atom. The second-order valence-electron chi connectivity index (χ2n) is 4.71. The lowest BCUT2D eigenvalue weighted by Gasteiger charge is -2.27. The smallest absolute Gasteiger partial charge is 0.207 e. The fourth-order valence-corrected chi connectivity index (χ4v) is 6.94. The van der Waals surface area contributed by atoms with E-state index in [1.54, 1.807) is 10.4 Å². The fourth-order valence-electron chi connectivity index (χ4n) is 2.59. The lowest BCUT2D eigenvalue weighted by Crippen LogP contribution is -2.40. The van der Waals surface area contributed by atoms with Gasteiger partial charge in [0.05, 0.1) is 8.68 Å². The van der Waals surface area contributed by atoms with Gasteiger partial charge in [0.1, 0.15) is 0 Å². The van der Waals surface area contributed by atoms with Crippen LogP contribution >= 0.6 is 38.9 Å². The minimum atomic E-state index is -3.43. The Morgan fingerprint density at radius 1 is 1.47 bits per heavy atom. The Labute approximate surface area is 132 Å². The number of sulfonamides is 1. The normalized spacial score (nSPS) is 17.5. The summed E-state index contributed by atoms with van der Waals surface area (Å²) in [5, 5.41) is 0. The van der Waals surface area contributed by atoms with Gasteiger partial charge in [-0.2, -0.15) is 4.31 Å². The lowest BCUT2D eigenvalue weighted by atomic mass is 10.2. The molecule has 1 aromatic rings. The van der Waals surface area contributed by atoms with Crippen molar-refractivity contribution in [1.82, 2.24) is 4.31 Å². The zero-order valence-electron chi connectivity index (χ0n) is 10.7. The van der Waals surface area contributed by atoms with Crippen molar-refractivity contribution in [3.8, 4) is 0 Å². The van der Waals surface area contributed by atoms with Crippen LogP contribution in [0.4, 0.5) is 0 Å². The van der Waals surface area contributed by atoms with Gasteiger partial charge in [-0.25, -0.2) is 8.42 Å². The van der Waals surface area contributed by atoms with Gasteiger partial charge in [-0.05, 0) is 41.8 Å². The van der Waals surface area contributed by atoms with E-state index in [-0.39, 0.29) is 6.04 Å². The van der Waals surface area contributed by atoms with Gasteiger partial charge in [0.2, 0.25) is 10.0 Å². The predicted octanol–water partition coefficient (Wildman–Crippen LogP) is 3.99. The first-order valence-electron chi connectivity index (χ1n) is 6.30. The van der Waals surface area contributed by atoms with Crippen LogP contribution in [0.25, 0.3) is 0 Å². The summed E-state index contributed by atoms with van der Waals surface area (Å²) in [5.74, 6) is 0.333. The van der Waals surface area contributed by atoms with E-state index in [9.17, 15) is 8.42 Å². The Kier molecular flexibility index (Phi) is 5.34. The number of thiophene rings is 1. The fraction of sp³-hybridized carbons (Fsp3) is 0.667. The maximum atomic E-state index is 12.8. The molecule has 2 rings (SSSR count). The number of alkyl halides is 1. The molecule has 0 N–H and O–H groups in total. The maximum absolute atomic E-state index is 12.8. The Bertz CT molecular complexity index is 538. The highest BCUT2D eigenvalue weighted by molar-refractivity contribution is 9.11. The highest BCUT2D eigenvalue weighted by Gasteiger charge is 2.34. The van der Waals surface area contributed by atoms with Crippen LogP contribution in [0.3, 0.4) is 0 Å². The van der Waals surface area contributed by atoms with E-state index in [1.807, 2.05) is 6.92 Å². The molecule has 1 saturated carbocycles. The number of hydrogen-bond acceptors (Lipinski definition) is 3. The molecule has 0 spiro atoms. The minimum absolute atomic E-state index is 0.113. The van der Waals surface area contributed by atoms with Gasteiger partial charge in [-0.1, -0.05) is 12.8 Å². The monoisotopic (exact) mass is 385 g/mol. The molecular formula is C12H17BrClNO2S2. The molecule has 0 aromatic carbocycles. The molecule has 0 saturated heterocycles. The molecule has 0 radical (unpaired) electrons. The summed E-state index contributed by atoms with van der Waals surface area (Å²) in [7, 11) is -3.43. The van der Waals surface area contributed by atoms with Gasteiger partial charge in [-0.15, -0.1) is 22.9 Å².